The van der Waals surface area contributed by atoms with Crippen LogP contribution < -0.4 is 10.9 Å². The molecule has 0 spiro atoms. The number of hydrazine groups is 1. The summed E-state index contributed by atoms with van der Waals surface area (Å²) >= 11 is 0. The smallest absolute Gasteiger partial charge is 0.337 e. The van der Waals surface area contributed by atoms with Crippen molar-refractivity contribution in [1.29, 1.82) is 0 Å². The Balaban J connectivity index is 2.33. The summed E-state index contributed by atoms with van der Waals surface area (Å²) in [5, 5.41) is 9.08. The van der Waals surface area contributed by atoms with Gasteiger partial charge in [0.25, 0.3) is 10.1 Å². The summed E-state index contributed by atoms with van der Waals surface area (Å²) in [5.41, 5.74) is 5.90. The quantitative estimate of drug-likeness (QED) is 0.493. The summed E-state index contributed by atoms with van der Waals surface area (Å²) in [6.07, 6.45) is 0. The predicted molar refractivity (Wildman–Crippen MR) is 76.9 cm³/mol. The van der Waals surface area contributed by atoms with Crippen molar-refractivity contribution in [3.05, 3.63) is 54.1 Å². The average Bonchev–Trinajstić information content (AvgIpc) is 2.45. The van der Waals surface area contributed by atoms with Gasteiger partial charge in [-0.15, -0.1) is 0 Å². The van der Waals surface area contributed by atoms with Crippen LogP contribution in [0, 0.1) is 0 Å². The number of hydrogen-bond acceptors (Lipinski definition) is 5. The van der Waals surface area contributed by atoms with E-state index in [1.807, 2.05) is 6.07 Å². The van der Waals surface area contributed by atoms with Gasteiger partial charge in [-0.1, -0.05) is 18.2 Å². The van der Waals surface area contributed by atoms with Crippen LogP contribution in [0.15, 0.2) is 53.4 Å². The lowest BCUT2D eigenvalue weighted by atomic mass is 10.2. The maximum atomic E-state index is 11.1. The van der Waals surface area contributed by atoms with Gasteiger partial charge in [0.05, 0.1) is 21.8 Å². The summed E-state index contributed by atoms with van der Waals surface area (Å²) in [6.45, 7) is 0. The molecule has 0 saturated carbocycles. The number of carbonyl (C=O) groups is 1. The van der Waals surface area contributed by atoms with Gasteiger partial charge < -0.3 is 10.5 Å². The molecule has 0 fully saturated rings. The van der Waals surface area contributed by atoms with Crippen LogP contribution in [0.1, 0.15) is 10.4 Å². The Hall–Kier alpha value is -2.58. The maximum Gasteiger partial charge on any atom is 0.337 e. The number of rotatable bonds is 5. The third-order valence-electron chi connectivity index (χ3n) is 2.63. The van der Waals surface area contributed by atoms with Gasteiger partial charge in [0.1, 0.15) is 0 Å². The Labute approximate surface area is 121 Å². The molecule has 0 radical (unpaired) electrons. The molecule has 0 aromatic heterocycles. The molecule has 2 rings (SSSR count). The summed E-state index contributed by atoms with van der Waals surface area (Å²) in [4.78, 5) is 10.7. The monoisotopic (exact) mass is 308 g/mol. The van der Waals surface area contributed by atoms with Crippen molar-refractivity contribution in [3.8, 4) is 0 Å². The van der Waals surface area contributed by atoms with E-state index < -0.39 is 21.0 Å². The summed E-state index contributed by atoms with van der Waals surface area (Å²) < 4.78 is 31.2. The van der Waals surface area contributed by atoms with Gasteiger partial charge in [0.15, 0.2) is 0 Å². The molecule has 0 aliphatic carbocycles. The lowest BCUT2D eigenvalue weighted by Gasteiger charge is -2.12. The summed E-state index contributed by atoms with van der Waals surface area (Å²) in [6, 6.07) is 12.0. The highest BCUT2D eigenvalue weighted by Gasteiger charge is 2.16. The molecule has 2 aromatic rings. The number of benzene rings is 2. The van der Waals surface area contributed by atoms with Crippen LogP contribution in [0.3, 0.4) is 0 Å². The fourth-order valence-corrected chi connectivity index (χ4v) is 2.14. The van der Waals surface area contributed by atoms with Crippen LogP contribution in [0.2, 0.25) is 0 Å². The van der Waals surface area contributed by atoms with Crippen molar-refractivity contribution in [3.63, 3.8) is 0 Å². The first-order chi connectivity index (χ1) is 9.88. The Kier molecular flexibility index (Phi) is 4.10. The number of nitrogens with one attached hydrogen (secondary N) is 2. The molecule has 0 atom stereocenters. The fraction of sp³-hybridized carbons (Fsp3) is 0. The second kappa shape index (κ2) is 5.81. The lowest BCUT2D eigenvalue weighted by Crippen LogP contribution is -2.13. The first-order valence-corrected chi connectivity index (χ1v) is 7.24. The van der Waals surface area contributed by atoms with Gasteiger partial charge in [-0.25, -0.2) is 4.79 Å². The molecule has 0 heterocycles. The van der Waals surface area contributed by atoms with Gasteiger partial charge in [-0.05, 0) is 30.3 Å². The van der Waals surface area contributed by atoms with Crippen LogP contribution in [0.5, 0.6) is 0 Å². The minimum Gasteiger partial charge on any atom is -0.478 e. The topological polar surface area (TPSA) is 116 Å². The predicted octanol–water partition coefficient (Wildman–Crippen LogP) is 2.07. The molecule has 0 amide bonds. The Morgan fingerprint density at radius 3 is 2.24 bits per heavy atom. The highest BCUT2D eigenvalue weighted by Crippen LogP contribution is 2.21. The first-order valence-electron chi connectivity index (χ1n) is 5.80. The van der Waals surface area contributed by atoms with E-state index in [-0.39, 0.29) is 11.3 Å². The normalized spacial score (nSPS) is 10.9. The molecule has 8 heteroatoms. The molecule has 4 N–H and O–H groups in total. The Morgan fingerprint density at radius 1 is 1.00 bits per heavy atom. The van der Waals surface area contributed by atoms with Crippen LogP contribution in [0.25, 0.3) is 0 Å². The molecular formula is C13H12N2O5S. The van der Waals surface area contributed by atoms with Crippen LogP contribution in [-0.4, -0.2) is 24.0 Å². The van der Waals surface area contributed by atoms with Crippen molar-refractivity contribution in [2.45, 2.75) is 4.90 Å². The minimum atomic E-state index is -4.41. The highest BCUT2D eigenvalue weighted by molar-refractivity contribution is 7.85. The molecule has 7 nitrogen and oxygen atoms in total. The zero-order valence-corrected chi connectivity index (χ0v) is 11.5. The van der Waals surface area contributed by atoms with Gasteiger partial charge in [-0.2, -0.15) is 8.42 Å². The van der Waals surface area contributed by atoms with E-state index in [1.165, 1.54) is 0 Å². The molecular weight excluding hydrogens is 296 g/mol. The third kappa shape index (κ3) is 3.71. The van der Waals surface area contributed by atoms with Gasteiger partial charge >= 0.3 is 5.97 Å². The van der Waals surface area contributed by atoms with Crippen molar-refractivity contribution in [2.24, 2.45) is 0 Å². The second-order valence-corrected chi connectivity index (χ2v) is 5.53. The fourth-order valence-electron chi connectivity index (χ4n) is 1.63. The van der Waals surface area contributed by atoms with E-state index in [2.05, 4.69) is 10.9 Å². The van der Waals surface area contributed by atoms with Crippen molar-refractivity contribution in [1.82, 2.24) is 0 Å². The molecule has 110 valence electrons. The lowest BCUT2D eigenvalue weighted by molar-refractivity contribution is 0.0698. The van der Waals surface area contributed by atoms with Gasteiger partial charge in [0.2, 0.25) is 0 Å². The Bertz CT molecular complexity index is 759. The summed E-state index contributed by atoms with van der Waals surface area (Å²) in [7, 11) is -4.41. The molecule has 0 saturated heterocycles. The van der Waals surface area contributed by atoms with Gasteiger partial charge in [-0.3, -0.25) is 9.98 Å². The van der Waals surface area contributed by atoms with Crippen LogP contribution in [0.4, 0.5) is 11.4 Å². The molecule has 0 aliphatic heterocycles. The van der Waals surface area contributed by atoms with Crippen LogP contribution in [-0.2, 0) is 10.1 Å². The van der Waals surface area contributed by atoms with E-state index in [0.717, 1.165) is 18.2 Å². The molecule has 0 aliphatic rings. The standard InChI is InChI=1S/C13H12N2O5S/c16-13(17)11-7-6-10(21(18,19)20)8-12(11)15-14-9-4-2-1-3-5-9/h1-8,14-15H,(H,16,17)(H,18,19,20). The van der Waals surface area contributed by atoms with Crippen LogP contribution >= 0.6 is 0 Å². The van der Waals surface area contributed by atoms with Crippen molar-refractivity contribution < 1.29 is 22.9 Å². The number of carboxylic acids is 1. The Morgan fingerprint density at radius 2 is 1.67 bits per heavy atom. The van der Waals surface area contributed by atoms with E-state index >= 15 is 0 Å². The maximum absolute atomic E-state index is 11.1. The SMILES string of the molecule is O=C(O)c1ccc(S(=O)(=O)O)cc1NNc1ccccc1. The summed E-state index contributed by atoms with van der Waals surface area (Å²) in [5.74, 6) is -1.23. The molecule has 0 bridgehead atoms. The zero-order valence-electron chi connectivity index (χ0n) is 10.6. The molecule has 0 unspecified atom stereocenters. The highest BCUT2D eigenvalue weighted by atomic mass is 32.2. The first kappa shape index (κ1) is 14.8. The number of carboxylic acid groups (broad SMARTS) is 1. The number of aromatic carboxylic acids is 1. The number of hydrogen-bond donors (Lipinski definition) is 4. The average molecular weight is 308 g/mol. The second-order valence-electron chi connectivity index (χ2n) is 4.10. The number of anilines is 2. The van der Waals surface area contributed by atoms with Crippen molar-refractivity contribution in [2.75, 3.05) is 10.9 Å². The van der Waals surface area contributed by atoms with E-state index in [0.29, 0.717) is 5.69 Å². The van der Waals surface area contributed by atoms with Gasteiger partial charge in [0, 0.05) is 0 Å². The minimum absolute atomic E-state index is 0.0153. The van der Waals surface area contributed by atoms with E-state index in [1.54, 1.807) is 24.3 Å². The van der Waals surface area contributed by atoms with Crippen molar-refractivity contribution >= 4 is 27.5 Å². The number of para-hydroxylation sites is 1. The van der Waals surface area contributed by atoms with E-state index in [9.17, 15) is 13.2 Å². The molecule has 21 heavy (non-hydrogen) atoms. The zero-order chi connectivity index (χ0) is 15.5. The molecule has 2 aromatic carbocycles. The third-order valence-corrected chi connectivity index (χ3v) is 3.48. The van der Waals surface area contributed by atoms with E-state index in [4.69, 9.17) is 9.66 Å². The largest absolute Gasteiger partial charge is 0.478 e.